The first-order chi connectivity index (χ1) is 11.7. The van der Waals surface area contributed by atoms with Crippen molar-refractivity contribution >= 4 is 11.5 Å². The van der Waals surface area contributed by atoms with E-state index in [4.69, 9.17) is 9.15 Å². The lowest BCUT2D eigenvalue weighted by Crippen LogP contribution is -1.96. The van der Waals surface area contributed by atoms with Crippen LogP contribution in [0.2, 0.25) is 0 Å². The second kappa shape index (κ2) is 6.82. The van der Waals surface area contributed by atoms with Crippen molar-refractivity contribution in [3.05, 3.63) is 71.7 Å². The van der Waals surface area contributed by atoms with Crippen LogP contribution < -0.4 is 4.74 Å². The summed E-state index contributed by atoms with van der Waals surface area (Å²) in [5, 5.41) is 16.0. The zero-order valence-electron chi connectivity index (χ0n) is 12.9. The molecule has 0 aliphatic rings. The molecule has 0 aliphatic heterocycles. The number of methoxy groups -OCH3 is 1. The first kappa shape index (κ1) is 15.5. The molecule has 0 bridgehead atoms. The van der Waals surface area contributed by atoms with Gasteiger partial charge in [-0.3, -0.25) is 9.89 Å². The third-order valence-electron chi connectivity index (χ3n) is 3.36. The molecule has 7 heteroatoms. The number of aromatic amines is 1. The fourth-order valence-corrected chi connectivity index (χ4v) is 2.19. The molecule has 0 atom stereocenters. The lowest BCUT2D eigenvalue weighted by molar-refractivity contribution is 0.104. The molecule has 3 rings (SSSR count). The molecule has 1 aromatic carbocycles. The number of hydrogen-bond donors (Lipinski definition) is 2. The van der Waals surface area contributed by atoms with E-state index in [1.807, 2.05) is 24.3 Å². The zero-order chi connectivity index (χ0) is 16.9. The van der Waals surface area contributed by atoms with E-state index >= 15 is 0 Å². The van der Waals surface area contributed by atoms with Crippen molar-refractivity contribution < 1.29 is 19.1 Å². The van der Waals surface area contributed by atoms with Gasteiger partial charge in [0.15, 0.2) is 11.5 Å². The van der Waals surface area contributed by atoms with Gasteiger partial charge >= 0.3 is 0 Å². The molecule has 2 heterocycles. The van der Waals surface area contributed by atoms with Gasteiger partial charge in [0.2, 0.25) is 5.82 Å². The first-order valence-electron chi connectivity index (χ1n) is 7.17. The topological polar surface area (TPSA) is 101 Å². The molecule has 0 radical (unpaired) electrons. The van der Waals surface area contributed by atoms with Crippen molar-refractivity contribution in [2.45, 2.75) is 6.42 Å². The number of carbonyl (C=O) groups excluding carboxylic acids is 1. The fourth-order valence-electron chi connectivity index (χ4n) is 2.19. The van der Waals surface area contributed by atoms with Crippen LogP contribution in [-0.4, -0.2) is 33.2 Å². The molecule has 0 fully saturated rings. The Bertz CT molecular complexity index is 866. The van der Waals surface area contributed by atoms with Gasteiger partial charge in [0.1, 0.15) is 24.1 Å². The van der Waals surface area contributed by atoms with Crippen molar-refractivity contribution in [1.29, 1.82) is 0 Å². The van der Waals surface area contributed by atoms with Gasteiger partial charge in [-0.05, 0) is 23.8 Å². The highest BCUT2D eigenvalue weighted by molar-refractivity contribution is 6.07. The average Bonchev–Trinajstić information content (AvgIpc) is 3.26. The van der Waals surface area contributed by atoms with Gasteiger partial charge in [-0.1, -0.05) is 12.1 Å². The molecule has 2 N–H and O–H groups in total. The molecule has 0 spiro atoms. The number of carbonyl (C=O) groups is 1. The summed E-state index contributed by atoms with van der Waals surface area (Å²) in [6.07, 6.45) is 4.26. The summed E-state index contributed by atoms with van der Waals surface area (Å²) in [4.78, 5) is 15.9. The maximum atomic E-state index is 12.1. The number of nitrogens with one attached hydrogen (secondary N) is 1. The van der Waals surface area contributed by atoms with Crippen molar-refractivity contribution in [2.75, 3.05) is 7.11 Å². The van der Waals surface area contributed by atoms with Gasteiger partial charge in [0.25, 0.3) is 0 Å². The van der Waals surface area contributed by atoms with Crippen LogP contribution in [0.15, 0.2) is 53.4 Å². The monoisotopic (exact) mass is 325 g/mol. The summed E-state index contributed by atoms with van der Waals surface area (Å²) in [5.74, 6) is 0.755. The minimum atomic E-state index is -0.391. The van der Waals surface area contributed by atoms with E-state index in [9.17, 15) is 9.90 Å². The largest absolute Gasteiger partial charge is 0.504 e. The Morgan fingerprint density at radius 3 is 3.04 bits per heavy atom. The number of allylic oxidation sites excluding steroid dienone is 1. The number of ketones is 1. The maximum absolute atomic E-state index is 12.1. The summed E-state index contributed by atoms with van der Waals surface area (Å²) in [7, 11) is 1.61. The average molecular weight is 325 g/mol. The second-order valence-electron chi connectivity index (χ2n) is 5.05. The number of benzene rings is 1. The van der Waals surface area contributed by atoms with E-state index in [2.05, 4.69) is 15.2 Å². The first-order valence-corrected chi connectivity index (χ1v) is 7.17. The van der Waals surface area contributed by atoms with Crippen LogP contribution in [0.25, 0.3) is 5.76 Å². The lowest BCUT2D eigenvalue weighted by Gasteiger charge is -2.02. The maximum Gasteiger partial charge on any atom is 0.215 e. The van der Waals surface area contributed by atoms with Crippen LogP contribution in [-0.2, 0) is 6.42 Å². The Morgan fingerprint density at radius 1 is 1.42 bits per heavy atom. The summed E-state index contributed by atoms with van der Waals surface area (Å²) < 4.78 is 10.6. The van der Waals surface area contributed by atoms with E-state index in [0.717, 1.165) is 17.4 Å². The third kappa shape index (κ3) is 3.52. The summed E-state index contributed by atoms with van der Waals surface area (Å²) in [5.41, 5.74) is 1.34. The predicted octanol–water partition coefficient (Wildman–Crippen LogP) is 2.78. The minimum absolute atomic E-state index is 0.0587. The molecule has 122 valence electrons. The highest BCUT2D eigenvalue weighted by atomic mass is 16.5. The van der Waals surface area contributed by atoms with Crippen LogP contribution in [0.3, 0.4) is 0 Å². The Labute approximate surface area is 137 Å². The van der Waals surface area contributed by atoms with Gasteiger partial charge < -0.3 is 14.3 Å². The van der Waals surface area contributed by atoms with Crippen LogP contribution in [0, 0.1) is 0 Å². The highest BCUT2D eigenvalue weighted by Crippen LogP contribution is 2.18. The molecule has 0 saturated heterocycles. The zero-order valence-corrected chi connectivity index (χ0v) is 12.9. The number of nitrogens with zero attached hydrogens (tertiary/aromatic N) is 2. The molecule has 2 aromatic heterocycles. The second-order valence-corrected chi connectivity index (χ2v) is 5.05. The third-order valence-corrected chi connectivity index (χ3v) is 3.36. The van der Waals surface area contributed by atoms with Crippen molar-refractivity contribution in [1.82, 2.24) is 15.2 Å². The number of H-pyrrole nitrogens is 1. The van der Waals surface area contributed by atoms with Crippen LogP contribution in [0.1, 0.15) is 27.5 Å². The van der Waals surface area contributed by atoms with Crippen molar-refractivity contribution in [3.8, 4) is 5.75 Å². The SMILES string of the molecule is COc1cccc(Cc2cc(C(=O)C=C(O)c3nc[nH]n3)co2)c1. The molecule has 0 amide bonds. The number of ether oxygens (including phenoxy) is 1. The molecule has 7 nitrogen and oxygen atoms in total. The van der Waals surface area contributed by atoms with Crippen LogP contribution in [0.5, 0.6) is 5.75 Å². The van der Waals surface area contributed by atoms with Gasteiger partial charge in [0.05, 0.1) is 12.7 Å². The van der Waals surface area contributed by atoms with Gasteiger partial charge in [-0.25, -0.2) is 4.98 Å². The van der Waals surface area contributed by atoms with Gasteiger partial charge in [-0.15, -0.1) is 0 Å². The summed E-state index contributed by atoms with van der Waals surface area (Å²) >= 11 is 0. The molecule has 24 heavy (non-hydrogen) atoms. The van der Waals surface area contributed by atoms with E-state index in [1.165, 1.54) is 12.6 Å². The number of aliphatic hydroxyl groups is 1. The highest BCUT2D eigenvalue weighted by Gasteiger charge is 2.12. The molecule has 0 aliphatic carbocycles. The standard InChI is InChI=1S/C17H15N3O4/c1-23-13-4-2-3-11(5-13)6-14-7-12(9-24-14)15(21)8-16(22)17-18-10-19-20-17/h2-5,7-10,22H,6H2,1H3,(H,18,19,20). The number of aliphatic hydroxyl groups excluding tert-OH is 1. The lowest BCUT2D eigenvalue weighted by atomic mass is 10.1. The number of rotatable bonds is 6. The Kier molecular flexibility index (Phi) is 4.42. The summed E-state index contributed by atoms with van der Waals surface area (Å²) in [6, 6.07) is 9.24. The van der Waals surface area contributed by atoms with Gasteiger partial charge in [0, 0.05) is 12.5 Å². The molecular formula is C17H15N3O4. The summed E-state index contributed by atoms with van der Waals surface area (Å²) in [6.45, 7) is 0. The van der Waals surface area contributed by atoms with Crippen LogP contribution in [0.4, 0.5) is 0 Å². The number of hydrogen-bond acceptors (Lipinski definition) is 6. The Morgan fingerprint density at radius 2 is 2.29 bits per heavy atom. The Balaban J connectivity index is 1.73. The normalized spacial score (nSPS) is 11.5. The smallest absolute Gasteiger partial charge is 0.215 e. The van der Waals surface area contributed by atoms with E-state index < -0.39 is 5.78 Å². The van der Waals surface area contributed by atoms with Crippen molar-refractivity contribution in [2.24, 2.45) is 0 Å². The van der Waals surface area contributed by atoms with Crippen LogP contribution >= 0.6 is 0 Å². The van der Waals surface area contributed by atoms with Crippen molar-refractivity contribution in [3.63, 3.8) is 0 Å². The molecule has 0 unspecified atom stereocenters. The van der Waals surface area contributed by atoms with E-state index in [1.54, 1.807) is 13.2 Å². The number of aromatic nitrogens is 3. The fraction of sp³-hybridized carbons (Fsp3) is 0.118. The molecule has 0 saturated carbocycles. The number of furan rings is 1. The van der Waals surface area contributed by atoms with E-state index in [0.29, 0.717) is 17.7 Å². The molecular weight excluding hydrogens is 310 g/mol. The minimum Gasteiger partial charge on any atom is -0.504 e. The predicted molar refractivity (Wildman–Crippen MR) is 85.8 cm³/mol. The van der Waals surface area contributed by atoms with E-state index in [-0.39, 0.29) is 11.6 Å². The Hall–Kier alpha value is -3.35. The molecule has 3 aromatic rings. The van der Waals surface area contributed by atoms with Gasteiger partial charge in [-0.2, -0.15) is 5.10 Å². The quantitative estimate of drug-likeness (QED) is 0.410.